The molecule has 150 valence electrons. The van der Waals surface area contributed by atoms with Crippen LogP contribution in [0, 0.1) is 17.6 Å². The van der Waals surface area contributed by atoms with Gasteiger partial charge in [0.1, 0.15) is 4.90 Å². The van der Waals surface area contributed by atoms with Gasteiger partial charge in [-0.1, -0.05) is 6.42 Å². The standard InChI is InChI=1S/C18H19F2N3O4S/c1-23-8-15-17(27-9-10-3-2-4-14(10)22-28(15,25)26)16(23)18(24)21-11-5-6-12(19)13(20)7-11/h5-8,10,14,22H,2-4,9H2,1H3,(H,21,24)/t10-,14-/m0/s1. The van der Waals surface area contributed by atoms with Crippen LogP contribution in [0.2, 0.25) is 0 Å². The molecule has 4 rings (SSSR count). The Balaban J connectivity index is 1.70. The quantitative estimate of drug-likeness (QED) is 0.794. The van der Waals surface area contributed by atoms with Crippen molar-refractivity contribution < 1.29 is 26.7 Å². The second-order valence-corrected chi connectivity index (χ2v) is 8.78. The van der Waals surface area contributed by atoms with E-state index in [-0.39, 0.29) is 40.6 Å². The molecule has 1 aliphatic heterocycles. The molecule has 0 saturated heterocycles. The molecule has 1 aliphatic carbocycles. The molecule has 7 nitrogen and oxygen atoms in total. The molecule has 28 heavy (non-hydrogen) atoms. The van der Waals surface area contributed by atoms with Crippen molar-refractivity contribution in [1.29, 1.82) is 0 Å². The Bertz CT molecular complexity index is 1050. The molecular formula is C18H19F2N3O4S. The van der Waals surface area contributed by atoms with Crippen molar-refractivity contribution in [3.8, 4) is 5.75 Å². The van der Waals surface area contributed by atoms with Crippen LogP contribution in [-0.2, 0) is 17.1 Å². The number of carbonyl (C=O) groups excluding carboxylic acids is 1. The van der Waals surface area contributed by atoms with Gasteiger partial charge in [0.05, 0.1) is 6.61 Å². The number of hydrogen-bond donors (Lipinski definition) is 2. The van der Waals surface area contributed by atoms with Crippen LogP contribution < -0.4 is 14.8 Å². The van der Waals surface area contributed by atoms with Crippen LogP contribution >= 0.6 is 0 Å². The number of ether oxygens (including phenoxy) is 1. The number of nitrogens with zero attached hydrogens (tertiary/aromatic N) is 1. The molecule has 0 spiro atoms. The molecule has 2 aromatic rings. The molecule has 0 bridgehead atoms. The van der Waals surface area contributed by atoms with E-state index in [0.29, 0.717) is 0 Å². The SMILES string of the molecule is Cn1cc2c(c1C(=O)Nc1ccc(F)c(F)c1)OC[C@@H]1CCC[C@@H]1NS2(=O)=O. The summed E-state index contributed by atoms with van der Waals surface area (Å²) in [6.45, 7) is 0.287. The Hall–Kier alpha value is -2.46. The van der Waals surface area contributed by atoms with Crippen molar-refractivity contribution in [3.63, 3.8) is 0 Å². The average Bonchev–Trinajstić information content (AvgIpc) is 3.18. The van der Waals surface area contributed by atoms with Gasteiger partial charge >= 0.3 is 0 Å². The van der Waals surface area contributed by atoms with Gasteiger partial charge in [-0.25, -0.2) is 21.9 Å². The van der Waals surface area contributed by atoms with Crippen molar-refractivity contribution in [2.75, 3.05) is 11.9 Å². The Labute approximate surface area is 160 Å². The highest BCUT2D eigenvalue weighted by Crippen LogP contribution is 2.36. The molecule has 2 heterocycles. The third-order valence-electron chi connectivity index (χ3n) is 5.19. The van der Waals surface area contributed by atoms with E-state index in [9.17, 15) is 22.0 Å². The third-order valence-corrected chi connectivity index (χ3v) is 6.67. The molecule has 0 unspecified atom stereocenters. The van der Waals surface area contributed by atoms with Gasteiger partial charge in [-0.3, -0.25) is 4.79 Å². The Morgan fingerprint density at radius 2 is 2.07 bits per heavy atom. The summed E-state index contributed by atoms with van der Waals surface area (Å²) in [6, 6.07) is 2.77. The number of aromatic nitrogens is 1. The van der Waals surface area contributed by atoms with Gasteiger partial charge in [0.25, 0.3) is 5.91 Å². The van der Waals surface area contributed by atoms with E-state index in [1.165, 1.54) is 23.9 Å². The zero-order valence-corrected chi connectivity index (χ0v) is 15.9. The van der Waals surface area contributed by atoms with Crippen molar-refractivity contribution in [3.05, 3.63) is 41.7 Å². The molecule has 2 N–H and O–H groups in total. The Kier molecular flexibility index (Phi) is 4.62. The second kappa shape index (κ2) is 6.85. The van der Waals surface area contributed by atoms with Gasteiger partial charge in [0, 0.05) is 37.0 Å². The van der Waals surface area contributed by atoms with Gasteiger partial charge in [0.15, 0.2) is 23.1 Å². The second-order valence-electron chi connectivity index (χ2n) is 7.09. The molecule has 2 atom stereocenters. The van der Waals surface area contributed by atoms with E-state index in [4.69, 9.17) is 4.74 Å². The molecule has 10 heteroatoms. The minimum atomic E-state index is -3.86. The normalized spacial score (nSPS) is 23.1. The van der Waals surface area contributed by atoms with Gasteiger partial charge in [0.2, 0.25) is 10.0 Å². The highest BCUT2D eigenvalue weighted by molar-refractivity contribution is 7.89. The van der Waals surface area contributed by atoms with Crippen LogP contribution in [0.3, 0.4) is 0 Å². The van der Waals surface area contributed by atoms with E-state index in [1.807, 2.05) is 0 Å². The first-order chi connectivity index (χ1) is 13.3. The van der Waals surface area contributed by atoms with Gasteiger partial charge in [-0.2, -0.15) is 0 Å². The van der Waals surface area contributed by atoms with Crippen LogP contribution in [0.25, 0.3) is 0 Å². The summed E-state index contributed by atoms with van der Waals surface area (Å²) in [7, 11) is -2.34. The maximum absolute atomic E-state index is 13.4. The number of halogens is 2. The summed E-state index contributed by atoms with van der Waals surface area (Å²) in [5.74, 6) is -2.83. The summed E-state index contributed by atoms with van der Waals surface area (Å²) < 4.78 is 61.9. The summed E-state index contributed by atoms with van der Waals surface area (Å²) in [6.07, 6.45) is 3.81. The summed E-state index contributed by atoms with van der Waals surface area (Å²) >= 11 is 0. The van der Waals surface area contributed by atoms with Crippen molar-refractivity contribution in [2.24, 2.45) is 13.0 Å². The molecule has 1 saturated carbocycles. The van der Waals surface area contributed by atoms with Crippen molar-refractivity contribution in [2.45, 2.75) is 30.2 Å². The lowest BCUT2D eigenvalue weighted by atomic mass is 10.1. The van der Waals surface area contributed by atoms with E-state index >= 15 is 0 Å². The van der Waals surface area contributed by atoms with Crippen LogP contribution in [0.4, 0.5) is 14.5 Å². The number of hydrogen-bond acceptors (Lipinski definition) is 4. The van der Waals surface area contributed by atoms with Crippen molar-refractivity contribution >= 4 is 21.6 Å². The first-order valence-electron chi connectivity index (χ1n) is 8.87. The number of anilines is 1. The Morgan fingerprint density at radius 1 is 1.29 bits per heavy atom. The minimum absolute atomic E-state index is 0.0124. The lowest BCUT2D eigenvalue weighted by Gasteiger charge is -2.24. The number of amides is 1. The van der Waals surface area contributed by atoms with Crippen LogP contribution in [0.15, 0.2) is 29.3 Å². The van der Waals surface area contributed by atoms with Gasteiger partial charge in [-0.15, -0.1) is 0 Å². The molecule has 2 aliphatic rings. The fourth-order valence-corrected chi connectivity index (χ4v) is 5.31. The molecule has 1 aromatic carbocycles. The number of nitrogens with one attached hydrogen (secondary N) is 2. The zero-order chi connectivity index (χ0) is 20.1. The molecule has 0 radical (unpaired) electrons. The highest BCUT2D eigenvalue weighted by atomic mass is 32.2. The van der Waals surface area contributed by atoms with Gasteiger partial charge < -0.3 is 14.6 Å². The smallest absolute Gasteiger partial charge is 0.276 e. The number of fused-ring (bicyclic) bond motifs is 2. The molecule has 1 fully saturated rings. The zero-order valence-electron chi connectivity index (χ0n) is 15.0. The van der Waals surface area contributed by atoms with Crippen LogP contribution in [0.1, 0.15) is 29.8 Å². The largest absolute Gasteiger partial charge is 0.489 e. The first-order valence-corrected chi connectivity index (χ1v) is 10.4. The average molecular weight is 411 g/mol. The van der Waals surface area contributed by atoms with Crippen LogP contribution in [0.5, 0.6) is 5.75 Å². The predicted molar refractivity (Wildman–Crippen MR) is 96.7 cm³/mol. The maximum atomic E-state index is 13.4. The molecule has 1 amide bonds. The minimum Gasteiger partial charge on any atom is -0.489 e. The van der Waals surface area contributed by atoms with Crippen LogP contribution in [-0.4, -0.2) is 31.5 Å². The highest BCUT2D eigenvalue weighted by Gasteiger charge is 2.38. The summed E-state index contributed by atoms with van der Waals surface area (Å²) in [5, 5.41) is 2.45. The fraction of sp³-hybridized carbons (Fsp3) is 0.389. The maximum Gasteiger partial charge on any atom is 0.276 e. The fourth-order valence-electron chi connectivity index (χ4n) is 3.78. The number of carbonyl (C=O) groups is 1. The topological polar surface area (TPSA) is 89.4 Å². The number of sulfonamides is 1. The lowest BCUT2D eigenvalue weighted by Crippen LogP contribution is -2.41. The van der Waals surface area contributed by atoms with E-state index in [0.717, 1.165) is 31.4 Å². The monoisotopic (exact) mass is 411 g/mol. The molecular weight excluding hydrogens is 392 g/mol. The number of benzene rings is 1. The third kappa shape index (κ3) is 3.26. The van der Waals surface area contributed by atoms with E-state index in [2.05, 4.69) is 10.0 Å². The molecule has 1 aromatic heterocycles. The van der Waals surface area contributed by atoms with Crippen molar-refractivity contribution in [1.82, 2.24) is 9.29 Å². The summed E-state index contributed by atoms with van der Waals surface area (Å²) in [4.78, 5) is 12.6. The predicted octanol–water partition coefficient (Wildman–Crippen LogP) is 2.39. The number of aryl methyl sites for hydroxylation is 1. The van der Waals surface area contributed by atoms with E-state index < -0.39 is 27.6 Å². The van der Waals surface area contributed by atoms with Gasteiger partial charge in [-0.05, 0) is 25.0 Å². The lowest BCUT2D eigenvalue weighted by molar-refractivity contribution is 0.101. The van der Waals surface area contributed by atoms with E-state index in [1.54, 1.807) is 0 Å². The Morgan fingerprint density at radius 3 is 2.82 bits per heavy atom. The first kappa shape index (κ1) is 18.9. The number of rotatable bonds is 2. The summed E-state index contributed by atoms with van der Waals surface area (Å²) in [5.41, 5.74) is 0.0306.